The van der Waals surface area contributed by atoms with Crippen LogP contribution in [0.4, 0.5) is 0 Å². The maximum Gasteiger partial charge on any atom is 0.223 e. The van der Waals surface area contributed by atoms with Gasteiger partial charge in [0.2, 0.25) is 5.91 Å². The number of hydrogen-bond donors (Lipinski definition) is 2. The van der Waals surface area contributed by atoms with Gasteiger partial charge in [0.1, 0.15) is 0 Å². The third kappa shape index (κ3) is 2.97. The van der Waals surface area contributed by atoms with Gasteiger partial charge in [0.25, 0.3) is 0 Å². The molecule has 16 heavy (non-hydrogen) atoms. The second kappa shape index (κ2) is 5.67. The molecule has 0 radical (unpaired) electrons. The van der Waals surface area contributed by atoms with Crippen molar-refractivity contribution in [1.29, 1.82) is 0 Å². The van der Waals surface area contributed by atoms with E-state index in [2.05, 4.69) is 5.32 Å². The normalized spacial score (nSPS) is 32.3. The SMILES string of the molecule is O=C(N[C@H]1CCCC[C@@H]1O)C1CCCCC1. The maximum atomic E-state index is 12.0. The van der Waals surface area contributed by atoms with Gasteiger partial charge in [-0.1, -0.05) is 32.1 Å². The fraction of sp³-hybridized carbons (Fsp3) is 0.923. The van der Waals surface area contributed by atoms with E-state index in [1.54, 1.807) is 0 Å². The highest BCUT2D eigenvalue weighted by Gasteiger charge is 2.28. The third-order valence-electron chi connectivity index (χ3n) is 4.03. The van der Waals surface area contributed by atoms with Gasteiger partial charge < -0.3 is 10.4 Å². The Hall–Kier alpha value is -0.570. The molecule has 2 rings (SSSR count). The number of amides is 1. The van der Waals surface area contributed by atoms with E-state index >= 15 is 0 Å². The lowest BCUT2D eigenvalue weighted by atomic mass is 9.87. The molecule has 3 nitrogen and oxygen atoms in total. The molecule has 3 heteroatoms. The Bertz CT molecular complexity index is 236. The molecule has 0 bridgehead atoms. The van der Waals surface area contributed by atoms with E-state index in [-0.39, 0.29) is 24.0 Å². The number of aliphatic hydroxyl groups excluding tert-OH is 1. The van der Waals surface area contributed by atoms with Crippen molar-refractivity contribution in [3.05, 3.63) is 0 Å². The van der Waals surface area contributed by atoms with Crippen molar-refractivity contribution in [3.63, 3.8) is 0 Å². The summed E-state index contributed by atoms with van der Waals surface area (Å²) in [7, 11) is 0. The molecule has 0 aromatic carbocycles. The van der Waals surface area contributed by atoms with Gasteiger partial charge in [0, 0.05) is 5.92 Å². The van der Waals surface area contributed by atoms with Crippen molar-refractivity contribution < 1.29 is 9.90 Å². The van der Waals surface area contributed by atoms with Gasteiger partial charge in [-0.25, -0.2) is 0 Å². The fourth-order valence-electron chi connectivity index (χ4n) is 2.95. The van der Waals surface area contributed by atoms with Crippen molar-refractivity contribution in [3.8, 4) is 0 Å². The molecule has 0 spiro atoms. The molecule has 0 heterocycles. The van der Waals surface area contributed by atoms with Crippen LogP contribution in [-0.2, 0) is 4.79 Å². The molecule has 2 aliphatic rings. The Labute approximate surface area is 97.6 Å². The molecule has 0 aromatic heterocycles. The first-order valence-electron chi connectivity index (χ1n) is 6.76. The number of carbonyl (C=O) groups is 1. The van der Waals surface area contributed by atoms with Crippen LogP contribution in [0.25, 0.3) is 0 Å². The van der Waals surface area contributed by atoms with Crippen LogP contribution in [0, 0.1) is 5.92 Å². The smallest absolute Gasteiger partial charge is 0.223 e. The van der Waals surface area contributed by atoms with Crippen molar-refractivity contribution in [2.75, 3.05) is 0 Å². The molecule has 0 aliphatic heterocycles. The Morgan fingerprint density at radius 3 is 2.25 bits per heavy atom. The van der Waals surface area contributed by atoms with Gasteiger partial charge in [-0.3, -0.25) is 4.79 Å². The Kier molecular flexibility index (Phi) is 4.22. The average Bonchev–Trinajstić information content (AvgIpc) is 2.33. The summed E-state index contributed by atoms with van der Waals surface area (Å²) in [5.41, 5.74) is 0. The molecule has 2 fully saturated rings. The van der Waals surface area contributed by atoms with E-state index in [1.807, 2.05) is 0 Å². The summed E-state index contributed by atoms with van der Waals surface area (Å²) in [4.78, 5) is 12.0. The Balaban J connectivity index is 1.80. The maximum absolute atomic E-state index is 12.0. The largest absolute Gasteiger partial charge is 0.391 e. The van der Waals surface area contributed by atoms with Crippen molar-refractivity contribution in [1.82, 2.24) is 5.32 Å². The van der Waals surface area contributed by atoms with Crippen LogP contribution in [0.5, 0.6) is 0 Å². The molecular weight excluding hydrogens is 202 g/mol. The monoisotopic (exact) mass is 225 g/mol. The number of rotatable bonds is 2. The minimum atomic E-state index is -0.318. The number of hydrogen-bond acceptors (Lipinski definition) is 2. The quantitative estimate of drug-likeness (QED) is 0.755. The lowest BCUT2D eigenvalue weighted by Gasteiger charge is -2.30. The summed E-state index contributed by atoms with van der Waals surface area (Å²) in [6.45, 7) is 0. The minimum Gasteiger partial charge on any atom is -0.391 e. The first-order chi connectivity index (χ1) is 7.77. The molecule has 92 valence electrons. The van der Waals surface area contributed by atoms with Crippen LogP contribution in [-0.4, -0.2) is 23.2 Å². The highest BCUT2D eigenvalue weighted by molar-refractivity contribution is 5.79. The molecule has 1 amide bonds. The molecule has 2 N–H and O–H groups in total. The van der Waals surface area contributed by atoms with Gasteiger partial charge in [0.15, 0.2) is 0 Å². The summed E-state index contributed by atoms with van der Waals surface area (Å²) in [6, 6.07) is 0.0168. The summed E-state index contributed by atoms with van der Waals surface area (Å²) >= 11 is 0. The number of aliphatic hydroxyl groups is 1. The van der Waals surface area contributed by atoms with Gasteiger partial charge in [-0.2, -0.15) is 0 Å². The van der Waals surface area contributed by atoms with E-state index in [1.165, 1.54) is 19.3 Å². The van der Waals surface area contributed by atoms with Gasteiger partial charge in [0.05, 0.1) is 12.1 Å². The van der Waals surface area contributed by atoms with E-state index in [9.17, 15) is 9.90 Å². The van der Waals surface area contributed by atoms with Crippen LogP contribution in [0.1, 0.15) is 57.8 Å². The predicted octanol–water partition coefficient (Wildman–Crippen LogP) is 1.99. The molecule has 2 saturated carbocycles. The highest BCUT2D eigenvalue weighted by Crippen LogP contribution is 2.25. The first kappa shape index (κ1) is 11.9. The van der Waals surface area contributed by atoms with Gasteiger partial charge in [-0.15, -0.1) is 0 Å². The van der Waals surface area contributed by atoms with Crippen LogP contribution in [0.2, 0.25) is 0 Å². The molecule has 2 atom stereocenters. The zero-order chi connectivity index (χ0) is 11.4. The Morgan fingerprint density at radius 1 is 0.938 bits per heavy atom. The van der Waals surface area contributed by atoms with Crippen LogP contribution >= 0.6 is 0 Å². The lowest BCUT2D eigenvalue weighted by molar-refractivity contribution is -0.127. The minimum absolute atomic E-state index is 0.0168. The third-order valence-corrected chi connectivity index (χ3v) is 4.03. The second-order valence-corrected chi connectivity index (χ2v) is 5.30. The zero-order valence-electron chi connectivity index (χ0n) is 9.95. The topological polar surface area (TPSA) is 49.3 Å². The highest BCUT2D eigenvalue weighted by atomic mass is 16.3. The van der Waals surface area contributed by atoms with Crippen molar-refractivity contribution in [2.45, 2.75) is 69.9 Å². The van der Waals surface area contributed by atoms with Gasteiger partial charge >= 0.3 is 0 Å². The Morgan fingerprint density at radius 2 is 1.56 bits per heavy atom. The van der Waals surface area contributed by atoms with Crippen LogP contribution in [0.15, 0.2) is 0 Å². The standard InChI is InChI=1S/C13H23NO2/c15-12-9-5-4-8-11(12)14-13(16)10-6-2-1-3-7-10/h10-12,15H,1-9H2,(H,14,16)/t11-,12-/m0/s1. The second-order valence-electron chi connectivity index (χ2n) is 5.30. The van der Waals surface area contributed by atoms with E-state index in [4.69, 9.17) is 0 Å². The van der Waals surface area contributed by atoms with Crippen LogP contribution < -0.4 is 5.32 Å². The summed E-state index contributed by atoms with van der Waals surface area (Å²) in [5, 5.41) is 12.9. The molecule has 0 unspecified atom stereocenters. The lowest BCUT2D eigenvalue weighted by Crippen LogP contribution is -2.47. The first-order valence-corrected chi connectivity index (χ1v) is 6.76. The predicted molar refractivity (Wildman–Crippen MR) is 63.0 cm³/mol. The summed E-state index contributed by atoms with van der Waals surface area (Å²) in [6.07, 6.45) is 9.41. The van der Waals surface area contributed by atoms with Crippen molar-refractivity contribution >= 4 is 5.91 Å². The molecule has 0 aromatic rings. The number of nitrogens with one attached hydrogen (secondary N) is 1. The van der Waals surface area contributed by atoms with E-state index < -0.39 is 0 Å². The average molecular weight is 225 g/mol. The molecule has 2 aliphatic carbocycles. The summed E-state index contributed by atoms with van der Waals surface area (Å²) < 4.78 is 0. The van der Waals surface area contributed by atoms with Crippen molar-refractivity contribution in [2.24, 2.45) is 5.92 Å². The van der Waals surface area contributed by atoms with Crippen LogP contribution in [0.3, 0.4) is 0 Å². The number of carbonyl (C=O) groups excluding carboxylic acids is 1. The zero-order valence-corrected chi connectivity index (χ0v) is 9.95. The van der Waals surface area contributed by atoms with E-state index in [0.29, 0.717) is 0 Å². The fourth-order valence-corrected chi connectivity index (χ4v) is 2.95. The van der Waals surface area contributed by atoms with E-state index in [0.717, 1.165) is 38.5 Å². The van der Waals surface area contributed by atoms with Gasteiger partial charge in [-0.05, 0) is 25.7 Å². The molecule has 0 saturated heterocycles. The summed E-state index contributed by atoms with van der Waals surface area (Å²) in [5.74, 6) is 0.397. The molecular formula is C13H23NO2.